The van der Waals surface area contributed by atoms with E-state index in [0.717, 1.165) is 31.2 Å². The molecule has 0 bridgehead atoms. The fourth-order valence-corrected chi connectivity index (χ4v) is 2.32. The highest BCUT2D eigenvalue weighted by atomic mass is 16.6. The smallest absolute Gasteiger partial charge is 0.161 e. The van der Waals surface area contributed by atoms with Crippen LogP contribution < -0.4 is 14.8 Å². The predicted octanol–water partition coefficient (Wildman–Crippen LogP) is 1.43. The zero-order valence-corrected chi connectivity index (χ0v) is 9.99. The second-order valence-electron chi connectivity index (χ2n) is 4.42. The van der Waals surface area contributed by atoms with Gasteiger partial charge in [0.2, 0.25) is 0 Å². The van der Waals surface area contributed by atoms with Crippen LogP contribution in [0.3, 0.4) is 0 Å². The van der Waals surface area contributed by atoms with Crippen LogP contribution in [0.5, 0.6) is 11.5 Å². The van der Waals surface area contributed by atoms with E-state index >= 15 is 0 Å². The zero-order valence-electron chi connectivity index (χ0n) is 9.99. The van der Waals surface area contributed by atoms with Crippen LogP contribution >= 0.6 is 0 Å². The number of nitrogens with one attached hydrogen (secondary N) is 1. The second kappa shape index (κ2) is 4.55. The number of rotatable bonds is 1. The lowest BCUT2D eigenvalue weighted by Crippen LogP contribution is -2.33. The second-order valence-corrected chi connectivity index (χ2v) is 4.42. The van der Waals surface area contributed by atoms with E-state index in [1.165, 1.54) is 11.1 Å². The van der Waals surface area contributed by atoms with Crippen molar-refractivity contribution in [3.8, 4) is 11.5 Å². The van der Waals surface area contributed by atoms with Gasteiger partial charge in [0.05, 0.1) is 12.7 Å². The van der Waals surface area contributed by atoms with E-state index in [-0.39, 0.29) is 6.10 Å². The Labute approximate surface area is 101 Å². The Bertz CT molecular complexity index is 413. The molecule has 2 heterocycles. The van der Waals surface area contributed by atoms with Crippen molar-refractivity contribution in [2.45, 2.75) is 13.0 Å². The van der Waals surface area contributed by atoms with Crippen LogP contribution in [0.2, 0.25) is 0 Å². The molecular weight excluding hydrogens is 218 g/mol. The van der Waals surface area contributed by atoms with Crippen molar-refractivity contribution in [2.24, 2.45) is 0 Å². The zero-order chi connectivity index (χ0) is 11.7. The van der Waals surface area contributed by atoms with Crippen molar-refractivity contribution in [3.05, 3.63) is 23.3 Å². The molecule has 1 N–H and O–H groups in total. The Morgan fingerprint density at radius 2 is 1.88 bits per heavy atom. The van der Waals surface area contributed by atoms with Crippen molar-refractivity contribution in [1.82, 2.24) is 5.32 Å². The molecule has 0 saturated carbocycles. The first-order valence-electron chi connectivity index (χ1n) is 6.07. The van der Waals surface area contributed by atoms with E-state index in [9.17, 15) is 0 Å². The van der Waals surface area contributed by atoms with Crippen molar-refractivity contribution < 1.29 is 14.2 Å². The van der Waals surface area contributed by atoms with Gasteiger partial charge in [-0.1, -0.05) is 0 Å². The summed E-state index contributed by atoms with van der Waals surface area (Å²) in [5, 5.41) is 3.34. The highest BCUT2D eigenvalue weighted by Gasteiger charge is 2.21. The lowest BCUT2D eigenvalue weighted by molar-refractivity contribution is 0.0270. The van der Waals surface area contributed by atoms with Crippen LogP contribution in [0.1, 0.15) is 17.2 Å². The van der Waals surface area contributed by atoms with E-state index in [4.69, 9.17) is 14.2 Å². The summed E-state index contributed by atoms with van der Waals surface area (Å²) in [6.07, 6.45) is 0.125. The van der Waals surface area contributed by atoms with Gasteiger partial charge in [-0.3, -0.25) is 0 Å². The summed E-state index contributed by atoms with van der Waals surface area (Å²) in [6.45, 7) is 5.90. The molecule has 0 amide bonds. The third-order valence-electron chi connectivity index (χ3n) is 3.21. The van der Waals surface area contributed by atoms with Crippen molar-refractivity contribution >= 4 is 0 Å². The Hall–Kier alpha value is -1.26. The molecule has 4 heteroatoms. The van der Waals surface area contributed by atoms with Crippen molar-refractivity contribution in [2.75, 3.05) is 32.9 Å². The molecule has 0 aliphatic carbocycles. The molecule has 2 aliphatic heterocycles. The molecule has 1 fully saturated rings. The first-order valence-corrected chi connectivity index (χ1v) is 6.07. The minimum absolute atomic E-state index is 0.125. The van der Waals surface area contributed by atoms with Crippen LogP contribution in [-0.2, 0) is 4.74 Å². The van der Waals surface area contributed by atoms with E-state index in [2.05, 4.69) is 18.3 Å². The Morgan fingerprint density at radius 1 is 1.12 bits per heavy atom. The lowest BCUT2D eigenvalue weighted by Gasteiger charge is -2.27. The van der Waals surface area contributed by atoms with E-state index in [0.29, 0.717) is 13.2 Å². The SMILES string of the molecule is Cc1cc2c(cc1C1CNCCO1)OCCO2. The van der Waals surface area contributed by atoms with Gasteiger partial charge in [0, 0.05) is 13.1 Å². The molecule has 92 valence electrons. The summed E-state index contributed by atoms with van der Waals surface area (Å²) >= 11 is 0. The molecule has 1 atom stereocenters. The summed E-state index contributed by atoms with van der Waals surface area (Å²) in [6, 6.07) is 4.10. The monoisotopic (exact) mass is 235 g/mol. The fourth-order valence-electron chi connectivity index (χ4n) is 2.32. The third-order valence-corrected chi connectivity index (χ3v) is 3.21. The maximum absolute atomic E-state index is 5.78. The van der Waals surface area contributed by atoms with Gasteiger partial charge in [-0.25, -0.2) is 0 Å². The van der Waals surface area contributed by atoms with Crippen LogP contribution in [0.25, 0.3) is 0 Å². The molecule has 1 unspecified atom stereocenters. The standard InChI is InChI=1S/C13H17NO3/c1-9-6-11-12(17-5-4-16-11)7-10(9)13-8-14-2-3-15-13/h6-7,13-14H,2-5,8H2,1H3. The average Bonchev–Trinajstić information content (AvgIpc) is 2.39. The van der Waals surface area contributed by atoms with Crippen molar-refractivity contribution in [1.29, 1.82) is 0 Å². The van der Waals surface area contributed by atoms with Crippen molar-refractivity contribution in [3.63, 3.8) is 0 Å². The molecule has 0 aromatic heterocycles. The van der Waals surface area contributed by atoms with E-state index in [1.54, 1.807) is 0 Å². The van der Waals surface area contributed by atoms with E-state index in [1.807, 2.05) is 6.07 Å². The number of hydrogen-bond acceptors (Lipinski definition) is 4. The van der Waals surface area contributed by atoms with Gasteiger partial charge in [0.1, 0.15) is 13.2 Å². The van der Waals surface area contributed by atoms with Crippen LogP contribution in [-0.4, -0.2) is 32.9 Å². The summed E-state index contributed by atoms with van der Waals surface area (Å²) in [5.74, 6) is 1.69. The van der Waals surface area contributed by atoms with Gasteiger partial charge < -0.3 is 19.5 Å². The Kier molecular flexibility index (Phi) is 2.91. The number of fused-ring (bicyclic) bond motifs is 1. The van der Waals surface area contributed by atoms with Gasteiger partial charge in [0.15, 0.2) is 11.5 Å². The Morgan fingerprint density at radius 3 is 2.59 bits per heavy atom. The maximum atomic E-state index is 5.78. The number of morpholine rings is 1. The normalized spacial score (nSPS) is 23.5. The number of aryl methyl sites for hydroxylation is 1. The fraction of sp³-hybridized carbons (Fsp3) is 0.538. The molecule has 1 aromatic rings. The van der Waals surface area contributed by atoms with Gasteiger partial charge in [-0.05, 0) is 30.2 Å². The maximum Gasteiger partial charge on any atom is 0.161 e. The molecule has 3 rings (SSSR count). The quantitative estimate of drug-likeness (QED) is 0.799. The molecule has 1 aromatic carbocycles. The minimum atomic E-state index is 0.125. The lowest BCUT2D eigenvalue weighted by atomic mass is 10.0. The largest absolute Gasteiger partial charge is 0.486 e. The van der Waals surface area contributed by atoms with E-state index < -0.39 is 0 Å². The summed E-state index contributed by atoms with van der Waals surface area (Å²) in [7, 11) is 0. The van der Waals surface area contributed by atoms with Gasteiger partial charge in [-0.2, -0.15) is 0 Å². The van der Waals surface area contributed by atoms with Crippen LogP contribution in [0.15, 0.2) is 12.1 Å². The summed E-state index contributed by atoms with van der Waals surface area (Å²) < 4.78 is 17.0. The molecular formula is C13H17NO3. The topological polar surface area (TPSA) is 39.7 Å². The highest BCUT2D eigenvalue weighted by molar-refractivity contribution is 5.48. The first kappa shape index (κ1) is 10.9. The van der Waals surface area contributed by atoms with Crippen LogP contribution in [0.4, 0.5) is 0 Å². The minimum Gasteiger partial charge on any atom is -0.486 e. The summed E-state index contributed by atoms with van der Waals surface area (Å²) in [5.41, 5.74) is 2.39. The number of ether oxygens (including phenoxy) is 3. The molecule has 1 saturated heterocycles. The van der Waals surface area contributed by atoms with Gasteiger partial charge in [0.25, 0.3) is 0 Å². The molecule has 2 aliphatic rings. The molecule has 0 spiro atoms. The molecule has 17 heavy (non-hydrogen) atoms. The van der Waals surface area contributed by atoms with Gasteiger partial charge in [-0.15, -0.1) is 0 Å². The van der Waals surface area contributed by atoms with Crippen LogP contribution in [0, 0.1) is 6.92 Å². The molecule has 0 radical (unpaired) electrons. The first-order chi connectivity index (χ1) is 8.34. The average molecular weight is 235 g/mol. The Balaban J connectivity index is 1.93. The number of benzene rings is 1. The predicted molar refractivity (Wildman–Crippen MR) is 63.7 cm³/mol. The van der Waals surface area contributed by atoms with Gasteiger partial charge >= 0.3 is 0 Å². The highest BCUT2D eigenvalue weighted by Crippen LogP contribution is 2.36. The molecule has 4 nitrogen and oxygen atoms in total. The summed E-state index contributed by atoms with van der Waals surface area (Å²) in [4.78, 5) is 0. The third kappa shape index (κ3) is 2.10. The number of hydrogen-bond donors (Lipinski definition) is 1.